The van der Waals surface area contributed by atoms with Gasteiger partial charge in [0.25, 0.3) is 0 Å². The molecule has 13 heterocycles. The number of likely N-dealkylation sites (tertiary alicyclic amines) is 1. The Bertz CT molecular complexity index is 7170. The van der Waals surface area contributed by atoms with E-state index in [2.05, 4.69) is 163 Å². The molecule has 8 N–H and O–H groups in total. The fraction of sp³-hybridized carbons (Fsp3) is 0.202. The first kappa shape index (κ1) is 90.0. The van der Waals surface area contributed by atoms with Crippen LogP contribution in [-0.4, -0.2) is 172 Å². The lowest BCUT2D eigenvalue weighted by atomic mass is 10.0. The van der Waals surface area contributed by atoms with Crippen molar-refractivity contribution in [1.82, 2.24) is 94.7 Å². The summed E-state index contributed by atoms with van der Waals surface area (Å²) in [6.07, 6.45) is 40.8. The number of ether oxygens (including phenoxy) is 4. The molecule has 3 aliphatic heterocycles. The van der Waals surface area contributed by atoms with Crippen molar-refractivity contribution in [1.29, 1.82) is 0 Å². The molecule has 0 bridgehead atoms. The van der Waals surface area contributed by atoms with E-state index in [1.807, 2.05) is 202 Å². The first-order valence-electron chi connectivity index (χ1n) is 44.3. The van der Waals surface area contributed by atoms with Crippen molar-refractivity contribution in [3.8, 4) is 96.5 Å². The Hall–Kier alpha value is -15.6. The second kappa shape index (κ2) is 43.2. The summed E-state index contributed by atoms with van der Waals surface area (Å²) in [6.45, 7) is 9.66. The Balaban J connectivity index is 0.000000121. The number of nitrogens with two attached hydrogens (primary N) is 1. The number of morpholine rings is 1. The molecule has 0 radical (unpaired) electrons. The van der Waals surface area contributed by atoms with E-state index in [1.165, 1.54) is 0 Å². The van der Waals surface area contributed by atoms with Crippen molar-refractivity contribution in [2.75, 3.05) is 80.8 Å². The largest absolute Gasteiger partial charge is 0.490 e. The van der Waals surface area contributed by atoms with Gasteiger partial charge in [0.05, 0.1) is 64.3 Å². The number of thiazole rings is 2. The highest BCUT2D eigenvalue weighted by atomic mass is 32.1. The molecular formula is C104H96N24O5S2. The number of nitrogens with zero attached hydrogens (tertiary/aromatic N) is 18. The number of anilines is 8. The van der Waals surface area contributed by atoms with E-state index < -0.39 is 0 Å². The summed E-state index contributed by atoms with van der Waals surface area (Å²) in [7, 11) is 4.06. The predicted molar refractivity (Wildman–Crippen MR) is 533 cm³/mol. The lowest BCUT2D eigenvalue weighted by Crippen LogP contribution is -2.43. The average Bonchev–Trinajstić information content (AvgIpc) is 1.42. The molecule has 1 atom stereocenters. The number of nitrogens with one attached hydrogen (secondary N) is 5. The van der Waals surface area contributed by atoms with E-state index in [1.54, 1.807) is 64.5 Å². The third-order valence-electron chi connectivity index (χ3n) is 22.9. The minimum atomic E-state index is -0.145. The van der Waals surface area contributed by atoms with Crippen LogP contribution in [0.5, 0.6) is 17.2 Å². The number of pyridine rings is 2. The van der Waals surface area contributed by atoms with Gasteiger partial charge in [-0.1, -0.05) is 54.3 Å². The van der Waals surface area contributed by atoms with E-state index in [0.29, 0.717) is 61.4 Å². The van der Waals surface area contributed by atoms with Gasteiger partial charge < -0.3 is 61.3 Å². The van der Waals surface area contributed by atoms with Gasteiger partial charge in [0.1, 0.15) is 51.9 Å². The van der Waals surface area contributed by atoms with Crippen LogP contribution in [0.4, 0.5) is 46.5 Å². The smallest absolute Gasteiger partial charge is 0.227 e. The third kappa shape index (κ3) is 23.5. The van der Waals surface area contributed by atoms with Gasteiger partial charge >= 0.3 is 0 Å². The number of rotatable bonds is 24. The summed E-state index contributed by atoms with van der Waals surface area (Å²) in [5.74, 6) is 10.4. The normalized spacial score (nSPS) is 14.1. The van der Waals surface area contributed by atoms with Crippen LogP contribution in [0.25, 0.3) is 98.1 Å². The SMILES string of the molecule is C#Cc1cc2cnc(Nc3cccc(CN)c3)nc2cc1OCc1cccnc1.C#Cc1ccc2nc(Nc3cc(CN4CCOC(CO)C4)cc(-c4cnn(C)c4)c3)ncc2c1.Cc1ncc(-c2ccc(Nc3ncc4cc(-c5nccs5)c(OC5CCN(C)CC5)cc4n3)cc2)cn1.c1cc(-c2ccc(Nc3ncc4cc(-c5nccs5)c(OC5CCNCC5)cc4n3)cc2)ccn1. The summed E-state index contributed by atoms with van der Waals surface area (Å²) in [5.41, 5.74) is 25.5. The number of hydrogen-bond acceptors (Lipinski definition) is 30. The number of benzene rings is 8. The molecule has 0 amide bonds. The molecule has 0 spiro atoms. The molecule has 3 saturated heterocycles. The fourth-order valence-corrected chi connectivity index (χ4v) is 17.1. The molecule has 0 aliphatic carbocycles. The molecule has 29 nitrogen and oxygen atoms in total. The van der Waals surface area contributed by atoms with E-state index in [-0.39, 0.29) is 24.9 Å². The van der Waals surface area contributed by atoms with Crippen molar-refractivity contribution in [3.63, 3.8) is 0 Å². The standard InChI is InChI=1S/C28H27N7OS.C27H24N6OS.C26H26N6O2.C23H19N5O/c1-18-30-16-21(17-31-18)19-3-5-22(6-4-19)33-28-32-15-20-13-24(27-29-9-12-37-27)26(14-25(20)34-28)36-23-7-10-35(2)11-8-23;1-3-21(4-2-18(1)19-5-9-28-10-6-19)32-27-31-17-20-15-23(26-30-13-14-35-26)25(16-24(20)33-27)34-22-7-11-29-12-8-22;1-3-18-4-5-25-21(8-18)12-27-26(30-25)29-23-10-19(14-32-6-7-34-24(16-32)17-33)9-20(11-23)22-13-28-31(2)15-22;1-2-18-10-19-14-26-23(27-20-7-3-5-16(9-20)12-24)28-21(19)11-22(18)29-15-17-6-4-8-25-13-17/h3-6,9,12-17,23H,7-8,10-11H2,1-2H3,(H,32,33,34);1-6,9-10,13-17,22,29H,7-8,11-12H2,(H,31,32,33);1,4-5,8-13,15,24,33H,6-7,14,16-17H2,2H3,(H,27,29,30);1,3-11,13-14H,12,15,24H2,(H,26,27,28). The lowest BCUT2D eigenvalue weighted by molar-refractivity contribution is -0.0550. The molecule has 3 aliphatic rings. The number of aliphatic hydroxyl groups excluding tert-OH is 1. The van der Waals surface area contributed by atoms with Crippen LogP contribution in [0.2, 0.25) is 0 Å². The molecule has 21 rings (SSSR count). The van der Waals surface area contributed by atoms with E-state index >= 15 is 0 Å². The number of aliphatic hydroxyl groups is 1. The maximum Gasteiger partial charge on any atom is 0.227 e. The molecular weight excluding hydrogens is 1730 g/mol. The summed E-state index contributed by atoms with van der Waals surface area (Å²) in [5, 5.41) is 39.9. The summed E-state index contributed by atoms with van der Waals surface area (Å²) >= 11 is 3.21. The molecule has 3 fully saturated rings. The van der Waals surface area contributed by atoms with Crippen LogP contribution < -0.4 is 46.5 Å². The van der Waals surface area contributed by atoms with Crippen LogP contribution in [0.1, 0.15) is 59.3 Å². The van der Waals surface area contributed by atoms with Crippen molar-refractivity contribution < 1.29 is 24.1 Å². The van der Waals surface area contributed by atoms with Crippen LogP contribution in [0.15, 0.2) is 267 Å². The Morgan fingerprint density at radius 3 is 1.64 bits per heavy atom. The van der Waals surface area contributed by atoms with Gasteiger partial charge in [-0.25, -0.2) is 59.8 Å². The number of aromatic nitrogens is 16. The number of piperidine rings is 2. The van der Waals surface area contributed by atoms with Crippen molar-refractivity contribution >= 4 is 113 Å². The van der Waals surface area contributed by atoms with Gasteiger partial charge in [0.2, 0.25) is 23.8 Å². The predicted octanol–water partition coefficient (Wildman–Crippen LogP) is 18.2. The van der Waals surface area contributed by atoms with Gasteiger partial charge in [0, 0.05) is 222 Å². The number of terminal acetylenes is 2. The van der Waals surface area contributed by atoms with Gasteiger partial charge in [-0.3, -0.25) is 19.5 Å². The summed E-state index contributed by atoms with van der Waals surface area (Å²) < 4.78 is 26.3. The number of aryl methyl sites for hydroxylation is 2. The third-order valence-corrected chi connectivity index (χ3v) is 24.5. The van der Waals surface area contributed by atoms with Gasteiger partial charge in [-0.05, 0) is 195 Å². The second-order valence-corrected chi connectivity index (χ2v) is 34.4. The zero-order chi connectivity index (χ0) is 92.2. The second-order valence-electron chi connectivity index (χ2n) is 32.6. The minimum Gasteiger partial charge on any atom is -0.490 e. The van der Waals surface area contributed by atoms with Crippen LogP contribution in [-0.2, 0) is 31.5 Å². The first-order valence-corrected chi connectivity index (χ1v) is 46.0. The molecule has 31 heteroatoms. The molecule has 18 aromatic rings. The maximum atomic E-state index is 9.49. The molecule has 10 aromatic heterocycles. The maximum absolute atomic E-state index is 9.49. The fourth-order valence-electron chi connectivity index (χ4n) is 15.8. The Labute approximate surface area is 788 Å². The highest BCUT2D eigenvalue weighted by Gasteiger charge is 2.25. The first-order chi connectivity index (χ1) is 66.3. The van der Waals surface area contributed by atoms with Crippen LogP contribution in [0.3, 0.4) is 0 Å². The Morgan fingerprint density at radius 2 is 1.06 bits per heavy atom. The van der Waals surface area contributed by atoms with E-state index in [0.717, 1.165) is 225 Å². The summed E-state index contributed by atoms with van der Waals surface area (Å²) in [6, 6.07) is 55.9. The molecule has 0 saturated carbocycles. The van der Waals surface area contributed by atoms with Crippen molar-refractivity contribution in [3.05, 3.63) is 301 Å². The molecule has 135 heavy (non-hydrogen) atoms. The number of fused-ring (bicyclic) bond motifs is 4. The zero-order valence-corrected chi connectivity index (χ0v) is 76.1. The van der Waals surface area contributed by atoms with E-state index in [9.17, 15) is 5.11 Å². The van der Waals surface area contributed by atoms with Crippen LogP contribution in [0, 0.1) is 31.6 Å². The van der Waals surface area contributed by atoms with Gasteiger partial charge in [-0.15, -0.1) is 35.5 Å². The molecule has 674 valence electrons. The van der Waals surface area contributed by atoms with Crippen LogP contribution >= 0.6 is 22.7 Å². The highest BCUT2D eigenvalue weighted by Crippen LogP contribution is 2.40. The summed E-state index contributed by atoms with van der Waals surface area (Å²) in [4.78, 5) is 67.3. The average molecular weight is 1830 g/mol. The van der Waals surface area contributed by atoms with Gasteiger partial charge in [0.15, 0.2) is 0 Å². The molecule has 1 unspecified atom stereocenters. The van der Waals surface area contributed by atoms with Gasteiger partial charge in [-0.2, -0.15) is 5.10 Å². The zero-order valence-electron chi connectivity index (χ0n) is 74.4. The Morgan fingerprint density at radius 1 is 0.489 bits per heavy atom. The van der Waals surface area contributed by atoms with E-state index in [4.69, 9.17) is 47.5 Å². The highest BCUT2D eigenvalue weighted by molar-refractivity contribution is 7.13. The lowest BCUT2D eigenvalue weighted by Gasteiger charge is -2.32. The quantitative estimate of drug-likeness (QED) is 0.0276. The van der Waals surface area contributed by atoms with Crippen molar-refractivity contribution in [2.24, 2.45) is 12.8 Å². The molecule has 8 aromatic carbocycles. The number of hydrogen-bond donors (Lipinski definition) is 7. The monoisotopic (exact) mass is 1820 g/mol. The topological polar surface area (TPSA) is 348 Å². The minimum absolute atomic E-state index is 0.0289. The van der Waals surface area contributed by atoms with Crippen molar-refractivity contribution in [2.45, 2.75) is 70.6 Å². The Kier molecular flexibility index (Phi) is 28.8.